The molecule has 1 rings (SSSR count). The Kier molecular flexibility index (Phi) is 2.46. The van der Waals surface area contributed by atoms with Gasteiger partial charge in [-0.05, 0) is 12.3 Å². The van der Waals surface area contributed by atoms with Crippen molar-refractivity contribution in [2.24, 2.45) is 5.92 Å². The van der Waals surface area contributed by atoms with E-state index in [4.69, 9.17) is 5.11 Å². The topological polar surface area (TPSA) is 57.6 Å². The Hall–Kier alpha value is -0.200. The van der Waals surface area contributed by atoms with E-state index in [1.165, 1.54) is 0 Å². The zero-order chi connectivity index (χ0) is 8.48. The Morgan fingerprint density at radius 1 is 1.64 bits per heavy atom. The molecule has 4 nitrogen and oxygen atoms in total. The van der Waals surface area contributed by atoms with E-state index in [1.54, 1.807) is 0 Å². The number of aliphatic hydroxyl groups excluding tert-OH is 1. The molecule has 0 saturated carbocycles. The van der Waals surface area contributed by atoms with Gasteiger partial charge in [-0.2, -0.15) is 12.7 Å². The molecule has 0 radical (unpaired) electrons. The lowest BCUT2D eigenvalue weighted by Crippen LogP contribution is -2.25. The Morgan fingerprint density at radius 3 is 2.55 bits per heavy atom. The van der Waals surface area contributed by atoms with Gasteiger partial charge in [-0.3, -0.25) is 0 Å². The van der Waals surface area contributed by atoms with E-state index in [0.29, 0.717) is 6.42 Å². The van der Waals surface area contributed by atoms with Gasteiger partial charge >= 0.3 is 10.4 Å². The van der Waals surface area contributed by atoms with E-state index in [0.717, 1.165) is 4.31 Å². The van der Waals surface area contributed by atoms with Crippen LogP contribution in [0.15, 0.2) is 0 Å². The summed E-state index contributed by atoms with van der Waals surface area (Å²) in [6.45, 7) is 0.214. The van der Waals surface area contributed by atoms with Crippen LogP contribution in [0.5, 0.6) is 0 Å². The summed E-state index contributed by atoms with van der Waals surface area (Å²) >= 11 is 0. The Balaban J connectivity index is 2.55. The number of rotatable bonds is 2. The minimum Gasteiger partial charge on any atom is -0.396 e. The van der Waals surface area contributed by atoms with E-state index in [2.05, 4.69) is 0 Å². The van der Waals surface area contributed by atoms with Crippen LogP contribution in [-0.4, -0.2) is 37.5 Å². The molecule has 1 saturated heterocycles. The monoisotopic (exact) mass is 183 g/mol. The maximum atomic E-state index is 12.2. The zero-order valence-corrected chi connectivity index (χ0v) is 6.72. The highest BCUT2D eigenvalue weighted by molar-refractivity contribution is 7.83. The highest BCUT2D eigenvalue weighted by Crippen LogP contribution is 2.19. The first-order chi connectivity index (χ1) is 5.04. The molecular formula is C5H10FNO3S. The lowest BCUT2D eigenvalue weighted by Gasteiger charge is -2.08. The van der Waals surface area contributed by atoms with Crippen LogP contribution in [0.25, 0.3) is 0 Å². The van der Waals surface area contributed by atoms with E-state index in [-0.39, 0.29) is 25.6 Å². The fourth-order valence-corrected chi connectivity index (χ4v) is 1.86. The third-order valence-corrected chi connectivity index (χ3v) is 2.76. The second-order valence-electron chi connectivity index (χ2n) is 2.64. The molecule has 0 aliphatic carbocycles. The summed E-state index contributed by atoms with van der Waals surface area (Å²) in [6.07, 6.45) is 0.541. The van der Waals surface area contributed by atoms with Crippen molar-refractivity contribution in [2.75, 3.05) is 19.7 Å². The Bertz CT molecular complexity index is 228. The fraction of sp³-hybridized carbons (Fsp3) is 1.00. The second kappa shape index (κ2) is 3.04. The summed E-state index contributed by atoms with van der Waals surface area (Å²) in [6, 6.07) is 0. The average molecular weight is 183 g/mol. The fourth-order valence-electron chi connectivity index (χ4n) is 1.14. The Morgan fingerprint density at radius 2 is 2.27 bits per heavy atom. The van der Waals surface area contributed by atoms with Crippen LogP contribution in [-0.2, 0) is 10.4 Å². The van der Waals surface area contributed by atoms with Gasteiger partial charge in [0.15, 0.2) is 0 Å². The van der Waals surface area contributed by atoms with Gasteiger partial charge in [-0.25, -0.2) is 0 Å². The van der Waals surface area contributed by atoms with Gasteiger partial charge in [0.2, 0.25) is 0 Å². The maximum absolute atomic E-state index is 12.2. The number of hydrogen-bond acceptors (Lipinski definition) is 3. The van der Waals surface area contributed by atoms with Gasteiger partial charge in [0.05, 0.1) is 0 Å². The number of hydrogen-bond donors (Lipinski definition) is 1. The highest BCUT2D eigenvalue weighted by atomic mass is 32.3. The molecule has 1 aliphatic heterocycles. The van der Waals surface area contributed by atoms with Crippen LogP contribution in [0.3, 0.4) is 0 Å². The largest absolute Gasteiger partial charge is 0.396 e. The molecule has 1 heterocycles. The summed E-state index contributed by atoms with van der Waals surface area (Å²) in [5.74, 6) is -0.0967. The summed E-state index contributed by atoms with van der Waals surface area (Å²) in [4.78, 5) is 0. The predicted octanol–water partition coefficient (Wildman–Crippen LogP) is -0.485. The first kappa shape index (κ1) is 8.89. The minimum absolute atomic E-state index is 0.0774. The summed E-state index contributed by atoms with van der Waals surface area (Å²) in [5.41, 5.74) is 0. The zero-order valence-electron chi connectivity index (χ0n) is 5.90. The van der Waals surface area contributed by atoms with Gasteiger partial charge in [0.25, 0.3) is 0 Å². The smallest absolute Gasteiger partial charge is 0.374 e. The quantitative estimate of drug-likeness (QED) is 0.588. The second-order valence-corrected chi connectivity index (χ2v) is 3.98. The molecular weight excluding hydrogens is 173 g/mol. The van der Waals surface area contributed by atoms with Crippen molar-refractivity contribution in [3.63, 3.8) is 0 Å². The molecule has 0 aromatic carbocycles. The molecule has 0 bridgehead atoms. The van der Waals surface area contributed by atoms with Crippen molar-refractivity contribution < 1.29 is 17.4 Å². The van der Waals surface area contributed by atoms with Crippen molar-refractivity contribution in [1.29, 1.82) is 0 Å². The van der Waals surface area contributed by atoms with Crippen LogP contribution in [0, 0.1) is 5.92 Å². The van der Waals surface area contributed by atoms with Gasteiger partial charge in [0, 0.05) is 19.7 Å². The average Bonchev–Trinajstić information content (AvgIpc) is 2.32. The predicted molar refractivity (Wildman–Crippen MR) is 36.8 cm³/mol. The lowest BCUT2D eigenvalue weighted by molar-refractivity contribution is 0.232. The molecule has 0 spiro atoms. The van der Waals surface area contributed by atoms with E-state index in [9.17, 15) is 12.3 Å². The summed E-state index contributed by atoms with van der Waals surface area (Å²) < 4.78 is 33.5. The van der Waals surface area contributed by atoms with E-state index < -0.39 is 10.4 Å². The highest BCUT2D eigenvalue weighted by Gasteiger charge is 2.30. The molecule has 0 amide bonds. The third-order valence-electron chi connectivity index (χ3n) is 1.82. The number of halogens is 1. The van der Waals surface area contributed by atoms with Gasteiger partial charge < -0.3 is 5.11 Å². The number of nitrogens with zero attached hydrogens (tertiary/aromatic N) is 1. The molecule has 1 N–H and O–H groups in total. The minimum atomic E-state index is -4.52. The van der Waals surface area contributed by atoms with E-state index >= 15 is 0 Å². The normalized spacial score (nSPS) is 27.6. The van der Waals surface area contributed by atoms with Crippen molar-refractivity contribution in [3.05, 3.63) is 0 Å². The third kappa shape index (κ3) is 2.11. The standard InChI is InChI=1S/C5H10FNO3S/c6-11(9,10)7-2-1-5(3-7)4-8/h5,8H,1-4H2/t5-/m1/s1. The van der Waals surface area contributed by atoms with E-state index in [1.807, 2.05) is 0 Å². The van der Waals surface area contributed by atoms with Gasteiger partial charge in [-0.1, -0.05) is 3.89 Å². The van der Waals surface area contributed by atoms with Gasteiger partial charge in [0.1, 0.15) is 0 Å². The molecule has 1 atom stereocenters. The summed E-state index contributed by atoms with van der Waals surface area (Å²) in [7, 11) is -4.52. The van der Waals surface area contributed by atoms with Crippen LogP contribution >= 0.6 is 0 Å². The first-order valence-corrected chi connectivity index (χ1v) is 4.68. The molecule has 1 fully saturated rings. The SMILES string of the molecule is O=S(=O)(F)N1CC[C@@H](CO)C1. The van der Waals surface area contributed by atoms with Crippen molar-refractivity contribution in [3.8, 4) is 0 Å². The van der Waals surface area contributed by atoms with Crippen molar-refractivity contribution >= 4 is 10.4 Å². The molecule has 0 unspecified atom stereocenters. The van der Waals surface area contributed by atoms with Crippen LogP contribution < -0.4 is 0 Å². The summed E-state index contributed by atoms with van der Waals surface area (Å²) in [5, 5.41) is 8.61. The molecule has 1 aliphatic rings. The molecule has 66 valence electrons. The van der Waals surface area contributed by atoms with Gasteiger partial charge in [-0.15, -0.1) is 0 Å². The molecule has 11 heavy (non-hydrogen) atoms. The van der Waals surface area contributed by atoms with Crippen LogP contribution in [0.1, 0.15) is 6.42 Å². The molecule has 0 aromatic heterocycles. The van der Waals surface area contributed by atoms with Crippen LogP contribution in [0.2, 0.25) is 0 Å². The maximum Gasteiger partial charge on any atom is 0.374 e. The molecule has 0 aromatic rings. The lowest BCUT2D eigenvalue weighted by atomic mass is 10.1. The van der Waals surface area contributed by atoms with Crippen LogP contribution in [0.4, 0.5) is 3.89 Å². The van der Waals surface area contributed by atoms with Crippen molar-refractivity contribution in [1.82, 2.24) is 4.31 Å². The Labute approximate surface area is 65.0 Å². The van der Waals surface area contributed by atoms with Crippen molar-refractivity contribution in [2.45, 2.75) is 6.42 Å². The molecule has 6 heteroatoms. The number of aliphatic hydroxyl groups is 1. The first-order valence-electron chi connectivity index (χ1n) is 3.34.